The molecular weight excluding hydrogens is 749 g/mol. The molecule has 0 spiro atoms. The van der Waals surface area contributed by atoms with Crippen molar-refractivity contribution >= 4 is 11.9 Å². The van der Waals surface area contributed by atoms with Gasteiger partial charge < -0.3 is 30.5 Å². The fourth-order valence-electron chi connectivity index (χ4n) is 12.7. The molecule has 5 saturated carbocycles. The Morgan fingerprint density at radius 3 is 2.18 bits per heavy atom. The van der Waals surface area contributed by atoms with Crippen LogP contribution in [0.4, 0.5) is 4.79 Å². The Bertz CT molecular complexity index is 1960. The topological polar surface area (TPSA) is 112 Å². The molecule has 10 rings (SSSR count). The number of urea groups is 1. The van der Waals surface area contributed by atoms with Crippen LogP contribution >= 0.6 is 0 Å². The molecule has 4 bridgehead atoms. The van der Waals surface area contributed by atoms with Crippen LogP contribution in [-0.4, -0.2) is 57.8 Å². The normalized spacial score (nSPS) is 33.8. The van der Waals surface area contributed by atoms with Gasteiger partial charge in [-0.25, -0.2) is 4.79 Å². The van der Waals surface area contributed by atoms with Crippen molar-refractivity contribution in [1.29, 1.82) is 0 Å². The van der Waals surface area contributed by atoms with Crippen LogP contribution in [0.5, 0.6) is 0 Å². The van der Waals surface area contributed by atoms with Gasteiger partial charge in [0.05, 0.1) is 24.9 Å². The summed E-state index contributed by atoms with van der Waals surface area (Å²) in [6.07, 6.45) is 13.1. The smallest absolute Gasteiger partial charge is 0.315 e. The summed E-state index contributed by atoms with van der Waals surface area (Å²) in [5.41, 5.74) is 5.71. The molecule has 2 aliphatic heterocycles. The second-order valence-electron chi connectivity index (χ2n) is 20.8. The lowest BCUT2D eigenvalue weighted by Gasteiger charge is -2.56. The van der Waals surface area contributed by atoms with Gasteiger partial charge in [-0.05, 0) is 149 Å². The predicted molar refractivity (Wildman–Crippen MR) is 234 cm³/mol. The van der Waals surface area contributed by atoms with Crippen LogP contribution in [0, 0.1) is 29.6 Å². The quantitative estimate of drug-likeness (QED) is 0.162. The number of aliphatic hydroxyl groups excluding tert-OH is 1. The van der Waals surface area contributed by atoms with Crippen LogP contribution in [-0.2, 0) is 27.4 Å². The number of hydrogen-bond acceptors (Lipinski definition) is 6. The Morgan fingerprint density at radius 2 is 1.48 bits per heavy atom. The molecule has 2 saturated heterocycles. The fraction of sp³-hybridized carbons (Fsp3) is 0.608. The first-order chi connectivity index (χ1) is 28.9. The van der Waals surface area contributed by atoms with Gasteiger partial charge in [-0.2, -0.15) is 0 Å². The number of carbonyl (C=O) groups is 2. The van der Waals surface area contributed by atoms with E-state index in [0.29, 0.717) is 25.0 Å². The molecule has 322 valence electrons. The van der Waals surface area contributed by atoms with Gasteiger partial charge in [-0.3, -0.25) is 9.69 Å². The van der Waals surface area contributed by atoms with Gasteiger partial charge in [0.15, 0.2) is 6.29 Å². The van der Waals surface area contributed by atoms with Gasteiger partial charge in [-0.1, -0.05) is 80.4 Å². The molecule has 0 unspecified atom stereocenters. The van der Waals surface area contributed by atoms with E-state index >= 15 is 0 Å². The van der Waals surface area contributed by atoms with Crippen molar-refractivity contribution in [1.82, 2.24) is 20.9 Å². The van der Waals surface area contributed by atoms with Crippen molar-refractivity contribution in [2.75, 3.05) is 6.54 Å². The number of ether oxygens (including phenoxy) is 2. The second kappa shape index (κ2) is 17.2. The number of likely N-dealkylation sites (tertiary alicyclic amines) is 1. The molecule has 0 aromatic heterocycles. The monoisotopic (exact) mass is 817 g/mol. The predicted octanol–water partition coefficient (Wildman–Crippen LogP) is 9.34. The first kappa shape index (κ1) is 41.6. The molecule has 3 aromatic rings. The summed E-state index contributed by atoms with van der Waals surface area (Å²) in [7, 11) is 0. The number of fused-ring (bicyclic) bond motifs is 1. The van der Waals surface area contributed by atoms with Crippen LogP contribution < -0.4 is 16.0 Å². The third kappa shape index (κ3) is 9.06. The van der Waals surface area contributed by atoms with Crippen LogP contribution in [0.1, 0.15) is 139 Å². The van der Waals surface area contributed by atoms with E-state index in [1.54, 1.807) is 0 Å². The first-order valence-corrected chi connectivity index (χ1v) is 23.2. The summed E-state index contributed by atoms with van der Waals surface area (Å²) >= 11 is 0. The Labute approximate surface area is 357 Å². The zero-order valence-electron chi connectivity index (χ0n) is 36.3. The Morgan fingerprint density at radius 1 is 0.800 bits per heavy atom. The number of piperidine rings is 1. The van der Waals surface area contributed by atoms with Gasteiger partial charge in [0, 0.05) is 41.7 Å². The number of hydrogen-bond donors (Lipinski definition) is 4. The number of carbonyl (C=O) groups excluding carboxylic acids is 2. The first-order valence-electron chi connectivity index (χ1n) is 23.2. The molecule has 3 aromatic carbocycles. The van der Waals surface area contributed by atoms with E-state index in [2.05, 4.69) is 109 Å². The lowest BCUT2D eigenvalue weighted by atomic mass is 9.53. The minimum atomic E-state index is -0.624. The third-order valence-corrected chi connectivity index (χ3v) is 15.1. The average Bonchev–Trinajstić information content (AvgIpc) is 3.22. The lowest BCUT2D eigenvalue weighted by molar-refractivity contribution is -0.278. The van der Waals surface area contributed by atoms with E-state index in [4.69, 9.17) is 9.47 Å². The highest BCUT2D eigenvalue weighted by Gasteiger charge is 2.52. The minimum absolute atomic E-state index is 0.00373. The summed E-state index contributed by atoms with van der Waals surface area (Å²) in [5, 5.41) is 19.8. The largest absolute Gasteiger partial charge is 0.392 e. The number of rotatable bonds is 10. The standard InChI is InChI=1S/C51H68N4O5/c1-32-45(30-55-43-14-6-5-10-38(43)19-20-44(55)47(57)53-50(2,3)4)59-48(60-46(32)39-17-15-33(31-56)16-18-39)42-13-8-12-41(25-42)40-11-7-9-34(24-40)29-52-49(58)54-51-26-35-21-36(27-51)23-37(22-35)28-51/h7-9,11-13,15-18,24-25,32,35-38,43-46,48,56H,5-6,10,14,19-23,26-31H2,1-4H3,(H,53,57)(H2,52,54,58)/t32-,35?,36?,37?,38-,43-,44-,45+,46+,48+,51?/m1/s1. The van der Waals surface area contributed by atoms with Gasteiger partial charge in [0.1, 0.15) is 0 Å². The lowest BCUT2D eigenvalue weighted by Crippen LogP contribution is -2.61. The van der Waals surface area contributed by atoms with Crippen molar-refractivity contribution < 1.29 is 24.2 Å². The summed E-state index contributed by atoms with van der Waals surface area (Å²) < 4.78 is 14.0. The highest BCUT2D eigenvalue weighted by Crippen LogP contribution is 2.55. The van der Waals surface area contributed by atoms with E-state index in [-0.39, 0.29) is 53.8 Å². The maximum Gasteiger partial charge on any atom is 0.315 e. The molecule has 5 aliphatic carbocycles. The van der Waals surface area contributed by atoms with Crippen molar-refractivity contribution in [3.8, 4) is 11.1 Å². The number of nitrogens with one attached hydrogen (secondary N) is 3. The molecule has 3 amide bonds. The molecule has 7 atom stereocenters. The molecule has 60 heavy (non-hydrogen) atoms. The van der Waals surface area contributed by atoms with Crippen molar-refractivity contribution in [3.63, 3.8) is 0 Å². The molecule has 7 aliphatic rings. The molecule has 7 fully saturated rings. The maximum absolute atomic E-state index is 14.0. The Balaban J connectivity index is 0.941. The Kier molecular flexibility index (Phi) is 11.9. The number of benzene rings is 3. The van der Waals surface area contributed by atoms with Crippen LogP contribution in [0.2, 0.25) is 0 Å². The summed E-state index contributed by atoms with van der Waals surface area (Å²) in [6.45, 7) is 9.51. The highest BCUT2D eigenvalue weighted by molar-refractivity contribution is 5.82. The Hall–Kier alpha value is -3.76. The van der Waals surface area contributed by atoms with E-state index in [9.17, 15) is 14.7 Å². The van der Waals surface area contributed by atoms with Gasteiger partial charge >= 0.3 is 6.03 Å². The highest BCUT2D eigenvalue weighted by atomic mass is 16.7. The van der Waals surface area contributed by atoms with Gasteiger partial charge in [0.2, 0.25) is 5.91 Å². The fourth-order valence-corrected chi connectivity index (χ4v) is 12.7. The summed E-state index contributed by atoms with van der Waals surface area (Å²) in [4.78, 5) is 29.8. The van der Waals surface area contributed by atoms with Gasteiger partial charge in [0.25, 0.3) is 0 Å². The molecular formula is C51H68N4O5. The average molecular weight is 817 g/mol. The van der Waals surface area contributed by atoms with Crippen LogP contribution in [0.15, 0.2) is 72.8 Å². The molecule has 0 radical (unpaired) electrons. The summed E-state index contributed by atoms with van der Waals surface area (Å²) in [5.74, 6) is 3.07. The van der Waals surface area contributed by atoms with E-state index in [0.717, 1.165) is 89.7 Å². The van der Waals surface area contributed by atoms with E-state index in [1.807, 2.05) is 12.1 Å². The van der Waals surface area contributed by atoms with Crippen molar-refractivity contribution in [2.24, 2.45) is 29.6 Å². The SMILES string of the molecule is C[C@@H]1[C@H](CN2[C@@H](C(=O)NC(C)(C)C)CC[C@H]3CCCC[C@H]32)O[C@H](c2cccc(-c3cccc(CNC(=O)NC45CC6CC(CC(C6)C4)C5)c3)c2)O[C@@H]1c1ccc(CO)cc1. The second-order valence-corrected chi connectivity index (χ2v) is 20.8. The molecule has 9 heteroatoms. The van der Waals surface area contributed by atoms with E-state index < -0.39 is 6.29 Å². The number of nitrogens with zero attached hydrogens (tertiary/aromatic N) is 1. The van der Waals surface area contributed by atoms with Crippen LogP contribution in [0.3, 0.4) is 0 Å². The van der Waals surface area contributed by atoms with Crippen molar-refractivity contribution in [3.05, 3.63) is 95.1 Å². The molecule has 2 heterocycles. The maximum atomic E-state index is 14.0. The number of aliphatic hydroxyl groups is 1. The van der Waals surface area contributed by atoms with Crippen LogP contribution in [0.25, 0.3) is 11.1 Å². The summed E-state index contributed by atoms with van der Waals surface area (Å²) in [6, 6.07) is 25.1. The van der Waals surface area contributed by atoms with Gasteiger partial charge in [-0.15, -0.1) is 0 Å². The minimum Gasteiger partial charge on any atom is -0.392 e. The number of amides is 3. The molecule has 4 N–H and O–H groups in total. The zero-order chi connectivity index (χ0) is 41.6. The molecule has 9 nitrogen and oxygen atoms in total. The third-order valence-electron chi connectivity index (χ3n) is 15.1. The van der Waals surface area contributed by atoms with E-state index in [1.165, 1.54) is 38.5 Å². The zero-order valence-corrected chi connectivity index (χ0v) is 36.3. The van der Waals surface area contributed by atoms with Crippen molar-refractivity contribution in [2.45, 2.75) is 160 Å².